The van der Waals surface area contributed by atoms with Crippen LogP contribution in [0, 0.1) is 0 Å². The van der Waals surface area contributed by atoms with E-state index in [9.17, 15) is 9.59 Å². The lowest BCUT2D eigenvalue weighted by atomic mass is 10.1. The molecule has 1 saturated heterocycles. The van der Waals surface area contributed by atoms with Crippen LogP contribution in [-0.2, 0) is 4.79 Å². The Morgan fingerprint density at radius 3 is 2.95 bits per heavy atom. The molecule has 1 aromatic carbocycles. The topological polar surface area (TPSA) is 83.6 Å². The van der Waals surface area contributed by atoms with E-state index in [2.05, 4.69) is 15.9 Å². The van der Waals surface area contributed by atoms with Crippen LogP contribution in [0.25, 0.3) is 0 Å². The zero-order chi connectivity index (χ0) is 14.7. The number of amides is 1. The highest BCUT2D eigenvalue weighted by molar-refractivity contribution is 9.10. The minimum absolute atomic E-state index is 0.0291. The Morgan fingerprint density at radius 1 is 1.50 bits per heavy atom. The van der Waals surface area contributed by atoms with Crippen LogP contribution in [0.2, 0.25) is 0 Å². The van der Waals surface area contributed by atoms with Gasteiger partial charge in [0.25, 0.3) is 5.91 Å². The first-order valence-corrected chi connectivity index (χ1v) is 8.09. The number of carbonyl (C=O) groups excluding carboxylic acids is 1. The number of nitrogens with zero attached hydrogens (tertiary/aromatic N) is 1. The van der Waals surface area contributed by atoms with Gasteiger partial charge in [-0.05, 0) is 34.1 Å². The zero-order valence-electron chi connectivity index (χ0n) is 10.7. The maximum atomic E-state index is 12.6. The number of carboxylic acid groups (broad SMARTS) is 1. The second-order valence-corrected chi connectivity index (χ2v) is 6.57. The standard InChI is InChI=1S/C13H15BrN2O3S/c14-11-2-1-8(15)5-10(11)13(19)16-3-4-20-7-9(16)6-12(17)18/h1-2,5,9H,3-4,6-7,15H2,(H,17,18). The van der Waals surface area contributed by atoms with Gasteiger partial charge in [-0.15, -0.1) is 0 Å². The summed E-state index contributed by atoms with van der Waals surface area (Å²) >= 11 is 5.02. The van der Waals surface area contributed by atoms with Crippen LogP contribution in [0.5, 0.6) is 0 Å². The van der Waals surface area contributed by atoms with Crippen molar-refractivity contribution in [1.82, 2.24) is 4.90 Å². The molecule has 0 saturated carbocycles. The predicted molar refractivity (Wildman–Crippen MR) is 83.0 cm³/mol. The van der Waals surface area contributed by atoms with E-state index < -0.39 is 5.97 Å². The predicted octanol–water partition coefficient (Wildman–Crippen LogP) is 2.06. The van der Waals surface area contributed by atoms with Gasteiger partial charge < -0.3 is 15.7 Å². The molecule has 1 aromatic rings. The molecule has 5 nitrogen and oxygen atoms in total. The molecule has 20 heavy (non-hydrogen) atoms. The number of hydrogen-bond donors (Lipinski definition) is 2. The molecule has 1 unspecified atom stereocenters. The summed E-state index contributed by atoms with van der Waals surface area (Å²) in [6.45, 7) is 0.558. The van der Waals surface area contributed by atoms with Crippen molar-refractivity contribution >= 4 is 45.3 Å². The van der Waals surface area contributed by atoms with Gasteiger partial charge >= 0.3 is 5.97 Å². The molecule has 1 heterocycles. The van der Waals surface area contributed by atoms with Crippen molar-refractivity contribution in [2.45, 2.75) is 12.5 Å². The third-order valence-electron chi connectivity index (χ3n) is 3.12. The fourth-order valence-electron chi connectivity index (χ4n) is 2.15. The average Bonchev–Trinajstić information content (AvgIpc) is 2.41. The quantitative estimate of drug-likeness (QED) is 0.808. The van der Waals surface area contributed by atoms with Crippen molar-refractivity contribution in [3.8, 4) is 0 Å². The molecule has 0 aliphatic carbocycles. The van der Waals surface area contributed by atoms with E-state index >= 15 is 0 Å². The van der Waals surface area contributed by atoms with Crippen LogP contribution in [0.15, 0.2) is 22.7 Å². The summed E-state index contributed by atoms with van der Waals surface area (Å²) < 4.78 is 0.670. The van der Waals surface area contributed by atoms with Crippen LogP contribution in [0.4, 0.5) is 5.69 Å². The molecule has 108 valence electrons. The van der Waals surface area contributed by atoms with Crippen molar-refractivity contribution in [3.05, 3.63) is 28.2 Å². The van der Waals surface area contributed by atoms with E-state index in [1.807, 2.05) is 0 Å². The fraction of sp³-hybridized carbons (Fsp3) is 0.385. The van der Waals surface area contributed by atoms with Crippen LogP contribution in [0.1, 0.15) is 16.8 Å². The Hall–Kier alpha value is -1.21. The van der Waals surface area contributed by atoms with Crippen LogP contribution in [-0.4, -0.2) is 46.0 Å². The molecular formula is C13H15BrN2O3S. The highest BCUT2D eigenvalue weighted by Crippen LogP contribution is 2.26. The molecule has 0 spiro atoms. The minimum Gasteiger partial charge on any atom is -0.481 e. The molecule has 0 bridgehead atoms. The highest BCUT2D eigenvalue weighted by atomic mass is 79.9. The van der Waals surface area contributed by atoms with Crippen molar-refractivity contribution in [1.29, 1.82) is 0 Å². The van der Waals surface area contributed by atoms with E-state index in [1.54, 1.807) is 34.9 Å². The number of rotatable bonds is 3. The Balaban J connectivity index is 2.25. The lowest BCUT2D eigenvalue weighted by Gasteiger charge is -2.35. The Morgan fingerprint density at radius 2 is 2.25 bits per heavy atom. The molecule has 1 aliphatic rings. The smallest absolute Gasteiger partial charge is 0.305 e. The van der Waals surface area contributed by atoms with E-state index in [-0.39, 0.29) is 18.4 Å². The first-order chi connectivity index (χ1) is 9.49. The van der Waals surface area contributed by atoms with Crippen molar-refractivity contribution in [2.75, 3.05) is 23.8 Å². The van der Waals surface area contributed by atoms with Crippen LogP contribution >= 0.6 is 27.7 Å². The summed E-state index contributed by atoms with van der Waals surface area (Å²) in [7, 11) is 0. The summed E-state index contributed by atoms with van der Waals surface area (Å²) in [5.74, 6) is 0.414. The number of benzene rings is 1. The van der Waals surface area contributed by atoms with E-state index in [1.165, 1.54) is 0 Å². The number of carbonyl (C=O) groups is 2. The summed E-state index contributed by atoms with van der Waals surface area (Å²) in [5, 5.41) is 8.96. The number of thioether (sulfide) groups is 1. The van der Waals surface area contributed by atoms with E-state index in [0.717, 1.165) is 5.75 Å². The molecular weight excluding hydrogens is 344 g/mol. The second-order valence-electron chi connectivity index (χ2n) is 4.56. The SMILES string of the molecule is Nc1ccc(Br)c(C(=O)N2CCSCC2CC(=O)O)c1. The van der Waals surface area contributed by atoms with Gasteiger partial charge in [0, 0.05) is 28.2 Å². The van der Waals surface area contributed by atoms with Gasteiger partial charge in [-0.25, -0.2) is 0 Å². The molecule has 0 radical (unpaired) electrons. The molecule has 1 atom stereocenters. The summed E-state index contributed by atoms with van der Waals surface area (Å²) in [4.78, 5) is 25.2. The van der Waals surface area contributed by atoms with Crippen LogP contribution < -0.4 is 5.73 Å². The largest absolute Gasteiger partial charge is 0.481 e. The lowest BCUT2D eigenvalue weighted by molar-refractivity contribution is -0.138. The van der Waals surface area contributed by atoms with Crippen molar-refractivity contribution in [3.63, 3.8) is 0 Å². The van der Waals surface area contributed by atoms with Crippen molar-refractivity contribution in [2.24, 2.45) is 0 Å². The Labute approximate surface area is 129 Å². The number of nitrogens with two attached hydrogens (primary N) is 1. The minimum atomic E-state index is -0.887. The van der Waals surface area contributed by atoms with Crippen molar-refractivity contribution < 1.29 is 14.7 Å². The Bertz CT molecular complexity index is 538. The number of nitrogen functional groups attached to an aromatic ring is 1. The van der Waals surface area contributed by atoms with Gasteiger partial charge in [0.1, 0.15) is 0 Å². The molecule has 7 heteroatoms. The Kier molecular flexibility index (Phi) is 4.93. The molecule has 1 aliphatic heterocycles. The normalized spacial score (nSPS) is 18.9. The number of hydrogen-bond acceptors (Lipinski definition) is 4. The highest BCUT2D eigenvalue weighted by Gasteiger charge is 2.30. The van der Waals surface area contributed by atoms with Gasteiger partial charge in [-0.1, -0.05) is 0 Å². The molecule has 3 N–H and O–H groups in total. The third kappa shape index (κ3) is 3.46. The number of anilines is 1. The first-order valence-electron chi connectivity index (χ1n) is 6.14. The van der Waals surface area contributed by atoms with E-state index in [0.29, 0.717) is 28.0 Å². The molecule has 2 rings (SSSR count). The summed E-state index contributed by atoms with van der Waals surface area (Å²) in [5.41, 5.74) is 6.71. The van der Waals surface area contributed by atoms with Gasteiger partial charge in [-0.2, -0.15) is 11.8 Å². The first kappa shape index (κ1) is 15.2. The van der Waals surface area contributed by atoms with Gasteiger partial charge in [0.15, 0.2) is 0 Å². The summed E-state index contributed by atoms with van der Waals surface area (Å²) in [6, 6.07) is 4.79. The number of halogens is 1. The molecule has 1 fully saturated rings. The van der Waals surface area contributed by atoms with Gasteiger partial charge in [0.2, 0.25) is 0 Å². The molecule has 1 amide bonds. The van der Waals surface area contributed by atoms with Gasteiger partial charge in [0.05, 0.1) is 18.0 Å². The van der Waals surface area contributed by atoms with Gasteiger partial charge in [-0.3, -0.25) is 9.59 Å². The number of aliphatic carboxylic acids is 1. The summed E-state index contributed by atoms with van der Waals surface area (Å²) in [6.07, 6.45) is -0.0291. The fourth-order valence-corrected chi connectivity index (χ4v) is 3.63. The zero-order valence-corrected chi connectivity index (χ0v) is 13.1. The van der Waals surface area contributed by atoms with E-state index in [4.69, 9.17) is 10.8 Å². The maximum absolute atomic E-state index is 12.6. The van der Waals surface area contributed by atoms with Crippen LogP contribution in [0.3, 0.4) is 0 Å². The monoisotopic (exact) mass is 358 g/mol. The lowest BCUT2D eigenvalue weighted by Crippen LogP contribution is -2.47. The number of carboxylic acids is 1. The molecule has 0 aromatic heterocycles. The maximum Gasteiger partial charge on any atom is 0.305 e. The second kappa shape index (κ2) is 6.49. The average molecular weight is 359 g/mol. The third-order valence-corrected chi connectivity index (χ3v) is 4.90.